The van der Waals surface area contributed by atoms with Gasteiger partial charge in [0, 0.05) is 10.6 Å². The Labute approximate surface area is 90.5 Å². The van der Waals surface area contributed by atoms with Crippen molar-refractivity contribution in [1.29, 1.82) is 0 Å². The smallest absolute Gasteiger partial charge is 0.0577 e. The van der Waals surface area contributed by atoms with Gasteiger partial charge in [-0.25, -0.2) is 0 Å². The van der Waals surface area contributed by atoms with E-state index in [9.17, 15) is 0 Å². The van der Waals surface area contributed by atoms with E-state index in [0.717, 1.165) is 21.7 Å². The van der Waals surface area contributed by atoms with Crippen LogP contribution in [0.3, 0.4) is 0 Å². The Morgan fingerprint density at radius 2 is 1.86 bits per heavy atom. The second-order valence-corrected chi connectivity index (χ2v) is 3.63. The molecule has 0 bridgehead atoms. The normalized spacial score (nSPS) is 9.43. The summed E-state index contributed by atoms with van der Waals surface area (Å²) in [6.07, 6.45) is 0. The van der Waals surface area contributed by atoms with Crippen LogP contribution >= 0.6 is 11.6 Å². The van der Waals surface area contributed by atoms with Gasteiger partial charge in [0.15, 0.2) is 0 Å². The molecule has 14 heavy (non-hydrogen) atoms. The Hall–Kier alpha value is -0.970. The molecular weight excluding hydrogens is 194 g/mol. The Bertz CT molecular complexity index is 362. The zero-order valence-corrected chi connectivity index (χ0v) is 9.50. The third-order valence-corrected chi connectivity index (χ3v) is 2.53. The average molecular weight is 208 g/mol. The molecule has 0 amide bonds. The Kier molecular flexibility index (Phi) is 4.00. The molecule has 0 fully saturated rings. The van der Waals surface area contributed by atoms with E-state index in [1.807, 2.05) is 33.0 Å². The van der Waals surface area contributed by atoms with Gasteiger partial charge in [-0.1, -0.05) is 23.4 Å². The van der Waals surface area contributed by atoms with Gasteiger partial charge in [-0.15, -0.1) is 0 Å². The molecule has 0 aliphatic rings. The second kappa shape index (κ2) is 5.05. The van der Waals surface area contributed by atoms with E-state index in [1.165, 1.54) is 0 Å². The molecule has 1 rings (SSSR count). The van der Waals surface area contributed by atoms with E-state index in [1.54, 1.807) is 0 Å². The molecule has 1 aromatic rings. The van der Waals surface area contributed by atoms with E-state index in [0.29, 0.717) is 6.54 Å². The van der Waals surface area contributed by atoms with Gasteiger partial charge in [0.1, 0.15) is 0 Å². The van der Waals surface area contributed by atoms with Gasteiger partial charge >= 0.3 is 0 Å². The number of rotatable bonds is 1. The first-order valence-corrected chi connectivity index (χ1v) is 4.93. The summed E-state index contributed by atoms with van der Waals surface area (Å²) in [5.74, 6) is 6.10. The predicted octanol–water partition coefficient (Wildman–Crippen LogP) is 2.53. The van der Waals surface area contributed by atoms with E-state index in [-0.39, 0.29) is 0 Å². The van der Waals surface area contributed by atoms with Crippen LogP contribution in [0.25, 0.3) is 0 Å². The molecule has 1 N–H and O–H groups in total. The summed E-state index contributed by atoms with van der Waals surface area (Å²) < 4.78 is 0. The fourth-order valence-corrected chi connectivity index (χ4v) is 1.36. The number of nitrogens with one attached hydrogen (secondary N) is 1. The molecule has 74 valence electrons. The molecule has 0 aliphatic carbocycles. The van der Waals surface area contributed by atoms with Crippen molar-refractivity contribution < 1.29 is 0 Å². The third kappa shape index (κ3) is 2.77. The van der Waals surface area contributed by atoms with Gasteiger partial charge in [-0.3, -0.25) is 0 Å². The summed E-state index contributed by atoms with van der Waals surface area (Å²) in [5.41, 5.74) is 3.19. The Morgan fingerprint density at radius 3 is 2.36 bits per heavy atom. The zero-order chi connectivity index (χ0) is 10.6. The van der Waals surface area contributed by atoms with Crippen molar-refractivity contribution in [2.45, 2.75) is 13.8 Å². The lowest BCUT2D eigenvalue weighted by molar-refractivity contribution is 0.938. The monoisotopic (exact) mass is 207 g/mol. The highest BCUT2D eigenvalue weighted by molar-refractivity contribution is 6.32. The van der Waals surface area contributed by atoms with Crippen LogP contribution in [-0.4, -0.2) is 13.6 Å². The molecule has 2 heteroatoms. The molecule has 0 radical (unpaired) electrons. The Morgan fingerprint density at radius 1 is 1.29 bits per heavy atom. The standard InChI is InChI=1S/C12H14ClN/c1-9-7-11(5-4-6-14-3)8-10(2)12(9)13/h7-8,14H,6H2,1-3H3. The highest BCUT2D eigenvalue weighted by Crippen LogP contribution is 2.21. The first-order chi connectivity index (χ1) is 6.65. The zero-order valence-electron chi connectivity index (χ0n) is 8.74. The van der Waals surface area contributed by atoms with Gasteiger partial charge < -0.3 is 5.32 Å². The maximum Gasteiger partial charge on any atom is 0.0577 e. The van der Waals surface area contributed by atoms with Crippen molar-refractivity contribution in [3.63, 3.8) is 0 Å². The Balaban J connectivity index is 2.97. The van der Waals surface area contributed by atoms with Crippen LogP contribution in [0.2, 0.25) is 5.02 Å². The molecule has 0 aliphatic heterocycles. The molecule has 0 unspecified atom stereocenters. The fourth-order valence-electron chi connectivity index (χ4n) is 1.25. The lowest BCUT2D eigenvalue weighted by atomic mass is 10.1. The highest BCUT2D eigenvalue weighted by Gasteiger charge is 2.00. The third-order valence-electron chi connectivity index (χ3n) is 1.93. The molecule has 0 atom stereocenters. The van der Waals surface area contributed by atoms with Crippen molar-refractivity contribution in [2.24, 2.45) is 0 Å². The average Bonchev–Trinajstić information content (AvgIpc) is 2.14. The first kappa shape index (κ1) is 11.1. The lowest BCUT2D eigenvalue weighted by Gasteiger charge is -2.02. The molecule has 1 aromatic carbocycles. The van der Waals surface area contributed by atoms with Crippen LogP contribution in [0.5, 0.6) is 0 Å². The van der Waals surface area contributed by atoms with Crippen molar-refractivity contribution in [2.75, 3.05) is 13.6 Å². The number of halogens is 1. The fraction of sp³-hybridized carbons (Fsp3) is 0.333. The number of aryl methyl sites for hydroxylation is 2. The van der Waals surface area contributed by atoms with Crippen molar-refractivity contribution in [3.8, 4) is 11.8 Å². The predicted molar refractivity (Wildman–Crippen MR) is 61.7 cm³/mol. The van der Waals surface area contributed by atoms with Crippen LogP contribution < -0.4 is 5.32 Å². The van der Waals surface area contributed by atoms with Crippen molar-refractivity contribution >= 4 is 11.6 Å². The van der Waals surface area contributed by atoms with Gasteiger partial charge in [-0.2, -0.15) is 0 Å². The minimum absolute atomic E-state index is 0.709. The minimum atomic E-state index is 0.709. The number of benzene rings is 1. The first-order valence-electron chi connectivity index (χ1n) is 4.55. The highest BCUT2D eigenvalue weighted by atomic mass is 35.5. The molecular formula is C12H14ClN. The van der Waals surface area contributed by atoms with Crippen LogP contribution in [0.15, 0.2) is 12.1 Å². The SMILES string of the molecule is CNCC#Cc1cc(C)c(Cl)c(C)c1. The van der Waals surface area contributed by atoms with E-state index >= 15 is 0 Å². The summed E-state index contributed by atoms with van der Waals surface area (Å²) in [6, 6.07) is 4.02. The largest absolute Gasteiger partial charge is 0.309 e. The van der Waals surface area contributed by atoms with Crippen molar-refractivity contribution in [3.05, 3.63) is 33.8 Å². The van der Waals surface area contributed by atoms with Crippen LogP contribution in [0, 0.1) is 25.7 Å². The molecule has 0 saturated heterocycles. The van der Waals surface area contributed by atoms with E-state index < -0.39 is 0 Å². The molecule has 1 nitrogen and oxygen atoms in total. The van der Waals surface area contributed by atoms with Crippen LogP contribution in [0.1, 0.15) is 16.7 Å². The lowest BCUT2D eigenvalue weighted by Crippen LogP contribution is -2.04. The van der Waals surface area contributed by atoms with E-state index in [2.05, 4.69) is 17.2 Å². The molecule has 0 heterocycles. The van der Waals surface area contributed by atoms with Gasteiger partial charge in [0.25, 0.3) is 0 Å². The second-order valence-electron chi connectivity index (χ2n) is 3.26. The minimum Gasteiger partial charge on any atom is -0.309 e. The number of hydrogen-bond acceptors (Lipinski definition) is 1. The topological polar surface area (TPSA) is 12.0 Å². The number of hydrogen-bond donors (Lipinski definition) is 1. The van der Waals surface area contributed by atoms with Gasteiger partial charge in [0.05, 0.1) is 6.54 Å². The summed E-state index contributed by atoms with van der Waals surface area (Å²) in [5, 5.41) is 3.82. The summed E-state index contributed by atoms with van der Waals surface area (Å²) in [6.45, 7) is 4.71. The summed E-state index contributed by atoms with van der Waals surface area (Å²) in [4.78, 5) is 0. The summed E-state index contributed by atoms with van der Waals surface area (Å²) >= 11 is 6.05. The molecule has 0 saturated carbocycles. The van der Waals surface area contributed by atoms with Crippen LogP contribution in [0.4, 0.5) is 0 Å². The molecule has 0 aromatic heterocycles. The quantitative estimate of drug-likeness (QED) is 0.698. The summed E-state index contributed by atoms with van der Waals surface area (Å²) in [7, 11) is 1.88. The van der Waals surface area contributed by atoms with Crippen molar-refractivity contribution in [1.82, 2.24) is 5.32 Å². The van der Waals surface area contributed by atoms with E-state index in [4.69, 9.17) is 11.6 Å². The maximum absolute atomic E-state index is 6.05. The molecule has 0 spiro atoms. The van der Waals surface area contributed by atoms with Crippen LogP contribution in [-0.2, 0) is 0 Å². The van der Waals surface area contributed by atoms with Gasteiger partial charge in [-0.05, 0) is 44.2 Å². The van der Waals surface area contributed by atoms with Gasteiger partial charge in [0.2, 0.25) is 0 Å². The maximum atomic E-state index is 6.05.